The van der Waals surface area contributed by atoms with Crippen molar-refractivity contribution in [2.45, 2.75) is 49.7 Å². The van der Waals surface area contributed by atoms with Gasteiger partial charge in [0.05, 0.1) is 17.6 Å². The first-order valence-corrected chi connectivity index (χ1v) is 14.3. The van der Waals surface area contributed by atoms with Gasteiger partial charge in [-0.2, -0.15) is 5.26 Å². The van der Waals surface area contributed by atoms with Gasteiger partial charge < -0.3 is 5.73 Å². The molecule has 1 atom stereocenters. The van der Waals surface area contributed by atoms with Crippen molar-refractivity contribution in [2.75, 3.05) is 4.90 Å². The molecule has 0 saturated heterocycles. The average molecular weight is 589 g/mol. The fraction of sp³-hybridized carbons (Fsp3) is 0.226. The summed E-state index contributed by atoms with van der Waals surface area (Å²) in [5, 5.41) is 10.4. The normalized spacial score (nSPS) is 17.5. The van der Waals surface area contributed by atoms with Gasteiger partial charge in [-0.3, -0.25) is 9.69 Å². The van der Waals surface area contributed by atoms with Gasteiger partial charge in [-0.1, -0.05) is 34.1 Å². The minimum Gasteiger partial charge on any atom is -0.384 e. The van der Waals surface area contributed by atoms with Crippen molar-refractivity contribution in [3.63, 3.8) is 0 Å². The summed E-state index contributed by atoms with van der Waals surface area (Å²) >= 11 is 5.16. The molecule has 4 nitrogen and oxygen atoms in total. The highest BCUT2D eigenvalue weighted by Crippen LogP contribution is 2.47. The molecule has 1 aliphatic carbocycles. The maximum absolute atomic E-state index is 13.5. The summed E-state index contributed by atoms with van der Waals surface area (Å²) in [6, 6.07) is 20.8. The first kappa shape index (κ1) is 26.3. The third-order valence-corrected chi connectivity index (χ3v) is 8.78. The SMILES string of the molecule is Cc1cc(C)c(C2C(C#N)=C(N)N(c3cccc(Br)c3)C3=C2C(=O)CCC3)cc1CSc1ccc(F)cc1. The molecule has 1 unspecified atom stereocenters. The Morgan fingerprint density at radius 2 is 1.87 bits per heavy atom. The minimum absolute atomic E-state index is 0.0682. The maximum Gasteiger partial charge on any atom is 0.161 e. The minimum atomic E-state index is -0.513. The molecule has 7 heteroatoms. The number of hydrogen-bond donors (Lipinski definition) is 1. The van der Waals surface area contributed by atoms with Gasteiger partial charge in [0, 0.05) is 38.5 Å². The quantitative estimate of drug-likeness (QED) is 0.308. The number of Topliss-reactive ketones (excluding diaryl/α,β-unsaturated/α-hetero) is 1. The highest BCUT2D eigenvalue weighted by Gasteiger charge is 2.41. The number of allylic oxidation sites excluding steroid dienone is 3. The lowest BCUT2D eigenvalue weighted by molar-refractivity contribution is -0.116. The van der Waals surface area contributed by atoms with Crippen LogP contribution in [0.25, 0.3) is 0 Å². The molecule has 0 amide bonds. The Labute approximate surface area is 235 Å². The Kier molecular flexibility index (Phi) is 7.47. The van der Waals surface area contributed by atoms with E-state index in [2.05, 4.69) is 41.1 Å². The number of ketones is 1. The van der Waals surface area contributed by atoms with E-state index in [9.17, 15) is 14.4 Å². The average Bonchev–Trinajstić information content (AvgIpc) is 2.89. The van der Waals surface area contributed by atoms with Crippen molar-refractivity contribution in [1.29, 1.82) is 5.26 Å². The van der Waals surface area contributed by atoms with E-state index in [1.165, 1.54) is 12.1 Å². The zero-order valence-electron chi connectivity index (χ0n) is 21.2. The monoisotopic (exact) mass is 587 g/mol. The number of anilines is 1. The van der Waals surface area contributed by atoms with Gasteiger partial charge in [-0.25, -0.2) is 4.39 Å². The van der Waals surface area contributed by atoms with Crippen molar-refractivity contribution in [1.82, 2.24) is 0 Å². The molecule has 0 radical (unpaired) electrons. The summed E-state index contributed by atoms with van der Waals surface area (Å²) in [5.74, 6) is 0.348. The Bertz CT molecular complexity index is 1540. The van der Waals surface area contributed by atoms with Crippen LogP contribution in [-0.4, -0.2) is 5.78 Å². The second-order valence-corrected chi connectivity index (χ2v) is 11.6. The van der Waals surface area contributed by atoms with Gasteiger partial charge in [-0.15, -0.1) is 11.8 Å². The highest BCUT2D eigenvalue weighted by molar-refractivity contribution is 9.10. The van der Waals surface area contributed by atoms with Crippen LogP contribution in [0.15, 0.2) is 92.7 Å². The molecule has 5 rings (SSSR count). The molecule has 1 heterocycles. The Balaban J connectivity index is 1.62. The summed E-state index contributed by atoms with van der Waals surface area (Å²) in [5.41, 5.74) is 13.7. The number of nitriles is 1. The number of carbonyl (C=O) groups is 1. The van der Waals surface area contributed by atoms with Crippen LogP contribution in [0.3, 0.4) is 0 Å². The fourth-order valence-electron chi connectivity index (χ4n) is 5.38. The van der Waals surface area contributed by atoms with Crippen molar-refractivity contribution in [3.05, 3.63) is 116 Å². The lowest BCUT2D eigenvalue weighted by atomic mass is 9.74. The molecule has 0 spiro atoms. The number of aryl methyl sites for hydroxylation is 2. The van der Waals surface area contributed by atoms with Gasteiger partial charge in [0.1, 0.15) is 11.6 Å². The smallest absolute Gasteiger partial charge is 0.161 e. The summed E-state index contributed by atoms with van der Waals surface area (Å²) in [6.07, 6.45) is 1.91. The van der Waals surface area contributed by atoms with Crippen molar-refractivity contribution >= 4 is 39.2 Å². The summed E-state index contributed by atoms with van der Waals surface area (Å²) < 4.78 is 14.2. The Morgan fingerprint density at radius 3 is 2.58 bits per heavy atom. The predicted octanol–water partition coefficient (Wildman–Crippen LogP) is 7.80. The number of carbonyl (C=O) groups excluding carboxylic acids is 1. The van der Waals surface area contributed by atoms with Crippen LogP contribution in [-0.2, 0) is 10.5 Å². The molecule has 0 saturated carbocycles. The van der Waals surface area contributed by atoms with Gasteiger partial charge in [0.15, 0.2) is 5.78 Å². The Hall–Kier alpha value is -3.34. The molecule has 2 aliphatic rings. The third-order valence-electron chi connectivity index (χ3n) is 7.22. The van der Waals surface area contributed by atoms with Crippen LogP contribution in [0.5, 0.6) is 0 Å². The van der Waals surface area contributed by atoms with Crippen LogP contribution in [0.4, 0.5) is 10.1 Å². The van der Waals surface area contributed by atoms with E-state index in [0.29, 0.717) is 35.6 Å². The standard InChI is InChI=1S/C31H27BrFN3OS/c1-18-13-19(2)25(14-20(18)17-38-24-11-9-22(33)10-12-24)29-26(16-34)31(35)36(23-6-3-5-21(32)15-23)27-7-4-8-28(37)30(27)29/h3,5-6,9-15,29H,4,7-8,17,35H2,1-2H3. The zero-order chi connectivity index (χ0) is 27.0. The lowest BCUT2D eigenvalue weighted by Gasteiger charge is -2.40. The van der Waals surface area contributed by atoms with Crippen LogP contribution in [0.2, 0.25) is 0 Å². The van der Waals surface area contributed by atoms with Crippen molar-refractivity contribution in [2.24, 2.45) is 5.73 Å². The number of halogens is 2. The number of thioether (sulfide) groups is 1. The van der Waals surface area contributed by atoms with E-state index in [4.69, 9.17) is 5.73 Å². The van der Waals surface area contributed by atoms with Crippen LogP contribution < -0.4 is 10.6 Å². The molecule has 3 aromatic rings. The molecule has 2 N–H and O–H groups in total. The van der Waals surface area contributed by atoms with E-state index in [0.717, 1.165) is 49.4 Å². The number of benzene rings is 3. The molecule has 0 bridgehead atoms. The van der Waals surface area contributed by atoms with E-state index >= 15 is 0 Å². The summed E-state index contributed by atoms with van der Waals surface area (Å²) in [7, 11) is 0. The maximum atomic E-state index is 13.5. The molecule has 192 valence electrons. The number of hydrogen-bond acceptors (Lipinski definition) is 5. The van der Waals surface area contributed by atoms with Crippen LogP contribution in [0.1, 0.15) is 47.4 Å². The number of rotatable bonds is 5. The van der Waals surface area contributed by atoms with E-state index in [1.807, 2.05) is 36.1 Å². The van der Waals surface area contributed by atoms with E-state index < -0.39 is 5.92 Å². The molecule has 0 aromatic heterocycles. The largest absolute Gasteiger partial charge is 0.384 e. The summed E-state index contributed by atoms with van der Waals surface area (Å²) in [4.78, 5) is 16.4. The summed E-state index contributed by atoms with van der Waals surface area (Å²) in [6.45, 7) is 4.09. The van der Waals surface area contributed by atoms with Crippen LogP contribution >= 0.6 is 27.7 Å². The molecule has 3 aromatic carbocycles. The fourth-order valence-corrected chi connectivity index (χ4v) is 6.73. The molecule has 0 fully saturated rings. The number of nitrogens with two attached hydrogens (primary N) is 1. The zero-order valence-corrected chi connectivity index (χ0v) is 23.6. The second-order valence-electron chi connectivity index (χ2n) is 9.67. The van der Waals surface area contributed by atoms with E-state index in [-0.39, 0.29) is 11.6 Å². The third kappa shape index (κ3) is 4.91. The van der Waals surface area contributed by atoms with Gasteiger partial charge in [0.2, 0.25) is 0 Å². The first-order valence-electron chi connectivity index (χ1n) is 12.5. The number of nitrogens with zero attached hydrogens (tertiary/aromatic N) is 2. The van der Waals surface area contributed by atoms with Gasteiger partial charge in [-0.05, 0) is 91.4 Å². The predicted molar refractivity (Wildman–Crippen MR) is 154 cm³/mol. The van der Waals surface area contributed by atoms with Crippen LogP contribution in [0, 0.1) is 31.0 Å². The Morgan fingerprint density at radius 1 is 1.11 bits per heavy atom. The topological polar surface area (TPSA) is 70.1 Å². The lowest BCUT2D eigenvalue weighted by Crippen LogP contribution is -2.38. The second kappa shape index (κ2) is 10.8. The molecule has 38 heavy (non-hydrogen) atoms. The highest BCUT2D eigenvalue weighted by atomic mass is 79.9. The molecule has 1 aliphatic heterocycles. The van der Waals surface area contributed by atoms with Crippen molar-refractivity contribution < 1.29 is 9.18 Å². The van der Waals surface area contributed by atoms with E-state index in [1.54, 1.807) is 23.9 Å². The first-order chi connectivity index (χ1) is 18.3. The van der Waals surface area contributed by atoms with Gasteiger partial charge in [0.25, 0.3) is 0 Å². The van der Waals surface area contributed by atoms with Gasteiger partial charge >= 0.3 is 0 Å². The molecular formula is C31H27BrFN3OS. The van der Waals surface area contributed by atoms with Crippen molar-refractivity contribution in [3.8, 4) is 6.07 Å². The molecular weight excluding hydrogens is 561 g/mol.